The topological polar surface area (TPSA) is 30.7 Å². The predicted molar refractivity (Wildman–Crippen MR) is 88.5 cm³/mol. The Bertz CT molecular complexity index is 961. The molecule has 0 unspecified atom stereocenters. The van der Waals surface area contributed by atoms with Crippen molar-refractivity contribution >= 4 is 11.0 Å². The Morgan fingerprint density at radius 2 is 1.74 bits per heavy atom. The summed E-state index contributed by atoms with van der Waals surface area (Å²) >= 11 is 0. The summed E-state index contributed by atoms with van der Waals surface area (Å²) in [4.78, 5) is 8.88. The van der Waals surface area contributed by atoms with E-state index >= 15 is 0 Å². The lowest BCUT2D eigenvalue weighted by atomic mass is 10.2. The lowest BCUT2D eigenvalue weighted by molar-refractivity contribution is 0.602. The molecule has 0 atom stereocenters. The maximum absolute atomic E-state index is 14.1. The predicted octanol–water partition coefficient (Wildman–Crippen LogP) is 4.29. The smallest absolute Gasteiger partial charge is 0.143 e. The summed E-state index contributed by atoms with van der Waals surface area (Å²) in [7, 11) is 0. The van der Waals surface area contributed by atoms with Crippen LogP contribution in [0.25, 0.3) is 22.4 Å². The van der Waals surface area contributed by atoms with Crippen molar-refractivity contribution in [2.45, 2.75) is 6.54 Å². The molecule has 4 aromatic rings. The van der Waals surface area contributed by atoms with Gasteiger partial charge in [0.15, 0.2) is 0 Å². The molecule has 0 spiro atoms. The molecule has 0 aliphatic carbocycles. The first-order chi connectivity index (χ1) is 11.3. The quantitative estimate of drug-likeness (QED) is 0.565. The number of nitrogens with zero attached hydrogens (tertiary/aromatic N) is 3. The SMILES string of the molecule is Fc1ccccc1Cn1c(-c2cccnc2)nc2ccccc21. The highest BCUT2D eigenvalue weighted by Crippen LogP contribution is 2.25. The number of aromatic nitrogens is 3. The lowest BCUT2D eigenvalue weighted by Gasteiger charge is -2.10. The molecular formula is C19H14FN3. The first-order valence-corrected chi connectivity index (χ1v) is 7.42. The molecule has 4 heteroatoms. The maximum Gasteiger partial charge on any atom is 0.143 e. The molecule has 2 aromatic heterocycles. The molecule has 112 valence electrons. The average Bonchev–Trinajstić information content (AvgIpc) is 2.96. The van der Waals surface area contributed by atoms with Crippen LogP contribution in [0.5, 0.6) is 0 Å². The molecule has 0 amide bonds. The molecule has 0 fully saturated rings. The molecule has 3 nitrogen and oxygen atoms in total. The van der Waals surface area contributed by atoms with Gasteiger partial charge >= 0.3 is 0 Å². The highest BCUT2D eigenvalue weighted by atomic mass is 19.1. The summed E-state index contributed by atoms with van der Waals surface area (Å²) < 4.78 is 16.1. The van der Waals surface area contributed by atoms with E-state index in [-0.39, 0.29) is 5.82 Å². The second-order valence-electron chi connectivity index (χ2n) is 5.34. The zero-order chi connectivity index (χ0) is 15.6. The number of hydrogen-bond donors (Lipinski definition) is 0. The van der Waals surface area contributed by atoms with Crippen LogP contribution in [0.1, 0.15) is 5.56 Å². The van der Waals surface area contributed by atoms with Gasteiger partial charge in [-0.15, -0.1) is 0 Å². The molecular weight excluding hydrogens is 289 g/mol. The van der Waals surface area contributed by atoms with Gasteiger partial charge in [-0.1, -0.05) is 30.3 Å². The Morgan fingerprint density at radius 1 is 0.913 bits per heavy atom. The van der Waals surface area contributed by atoms with Gasteiger partial charge < -0.3 is 4.57 Å². The van der Waals surface area contributed by atoms with Crippen molar-refractivity contribution in [2.75, 3.05) is 0 Å². The highest BCUT2D eigenvalue weighted by Gasteiger charge is 2.14. The molecule has 0 saturated heterocycles. The Labute approximate surface area is 133 Å². The minimum atomic E-state index is -0.206. The van der Waals surface area contributed by atoms with Gasteiger partial charge in [0.1, 0.15) is 11.6 Å². The van der Waals surface area contributed by atoms with Crippen molar-refractivity contribution in [3.63, 3.8) is 0 Å². The van der Waals surface area contributed by atoms with Gasteiger partial charge in [-0.3, -0.25) is 4.98 Å². The largest absolute Gasteiger partial charge is 0.319 e. The molecule has 0 aliphatic heterocycles. The van der Waals surface area contributed by atoms with Crippen molar-refractivity contribution in [1.82, 2.24) is 14.5 Å². The summed E-state index contributed by atoms with van der Waals surface area (Å²) in [6.07, 6.45) is 3.51. The first kappa shape index (κ1) is 13.6. The van der Waals surface area contributed by atoms with Crippen molar-refractivity contribution in [3.8, 4) is 11.4 Å². The molecule has 0 bridgehead atoms. The molecule has 0 saturated carbocycles. The van der Waals surface area contributed by atoms with Crippen LogP contribution in [-0.2, 0) is 6.54 Å². The molecule has 2 heterocycles. The molecule has 2 aromatic carbocycles. The fourth-order valence-corrected chi connectivity index (χ4v) is 2.75. The van der Waals surface area contributed by atoms with E-state index in [2.05, 4.69) is 4.98 Å². The summed E-state index contributed by atoms with van der Waals surface area (Å²) in [6.45, 7) is 0.428. The molecule has 0 aliphatic rings. The van der Waals surface area contributed by atoms with Crippen molar-refractivity contribution in [1.29, 1.82) is 0 Å². The minimum absolute atomic E-state index is 0.206. The van der Waals surface area contributed by atoms with E-state index in [4.69, 9.17) is 4.98 Å². The third-order valence-corrected chi connectivity index (χ3v) is 3.86. The number of pyridine rings is 1. The Morgan fingerprint density at radius 3 is 2.57 bits per heavy atom. The number of hydrogen-bond acceptors (Lipinski definition) is 2. The van der Waals surface area contributed by atoms with Crippen LogP contribution in [0, 0.1) is 5.82 Å². The zero-order valence-electron chi connectivity index (χ0n) is 12.4. The summed E-state index contributed by atoms with van der Waals surface area (Å²) in [6, 6.07) is 18.6. The van der Waals surface area contributed by atoms with Gasteiger partial charge in [-0.05, 0) is 30.3 Å². The van der Waals surface area contributed by atoms with E-state index in [1.54, 1.807) is 24.5 Å². The number of rotatable bonds is 3. The number of imidazole rings is 1. The number of benzene rings is 2. The fourth-order valence-electron chi connectivity index (χ4n) is 2.75. The lowest BCUT2D eigenvalue weighted by Crippen LogP contribution is -2.04. The van der Waals surface area contributed by atoms with E-state index in [9.17, 15) is 4.39 Å². The second-order valence-corrected chi connectivity index (χ2v) is 5.34. The number of fused-ring (bicyclic) bond motifs is 1. The third kappa shape index (κ3) is 2.48. The van der Waals surface area contributed by atoms with Crippen LogP contribution < -0.4 is 0 Å². The van der Waals surface area contributed by atoms with Gasteiger partial charge in [-0.25, -0.2) is 9.37 Å². The Balaban J connectivity index is 1.92. The first-order valence-electron chi connectivity index (χ1n) is 7.42. The van der Waals surface area contributed by atoms with Crippen molar-refractivity contribution < 1.29 is 4.39 Å². The van der Waals surface area contributed by atoms with Crippen LogP contribution >= 0.6 is 0 Å². The zero-order valence-corrected chi connectivity index (χ0v) is 12.4. The van der Waals surface area contributed by atoms with Gasteiger partial charge in [0, 0.05) is 23.5 Å². The van der Waals surface area contributed by atoms with E-state index in [0.717, 1.165) is 22.4 Å². The normalized spacial score (nSPS) is 11.0. The van der Waals surface area contributed by atoms with Crippen LogP contribution in [0.2, 0.25) is 0 Å². The minimum Gasteiger partial charge on any atom is -0.319 e. The maximum atomic E-state index is 14.1. The number of halogens is 1. The van der Waals surface area contributed by atoms with Gasteiger partial charge in [0.2, 0.25) is 0 Å². The molecule has 0 radical (unpaired) electrons. The molecule has 0 N–H and O–H groups in total. The van der Waals surface area contributed by atoms with Gasteiger partial charge in [0.05, 0.1) is 17.6 Å². The average molecular weight is 303 g/mol. The monoisotopic (exact) mass is 303 g/mol. The Hall–Kier alpha value is -3.01. The molecule has 23 heavy (non-hydrogen) atoms. The van der Waals surface area contributed by atoms with Crippen LogP contribution in [0.4, 0.5) is 4.39 Å². The second kappa shape index (κ2) is 5.65. The summed E-state index contributed by atoms with van der Waals surface area (Å²) in [5.74, 6) is 0.588. The van der Waals surface area contributed by atoms with Gasteiger partial charge in [-0.2, -0.15) is 0 Å². The van der Waals surface area contributed by atoms with E-state index in [1.807, 2.05) is 47.0 Å². The molecule has 4 rings (SSSR count). The summed E-state index contributed by atoms with van der Waals surface area (Å²) in [5, 5.41) is 0. The van der Waals surface area contributed by atoms with Crippen molar-refractivity contribution in [3.05, 3.63) is 84.4 Å². The van der Waals surface area contributed by atoms with Crippen LogP contribution in [0.15, 0.2) is 73.1 Å². The van der Waals surface area contributed by atoms with E-state index in [0.29, 0.717) is 12.1 Å². The van der Waals surface area contributed by atoms with Crippen LogP contribution in [0.3, 0.4) is 0 Å². The Kier molecular flexibility index (Phi) is 3.35. The summed E-state index contributed by atoms with van der Waals surface area (Å²) in [5.41, 5.74) is 3.43. The van der Waals surface area contributed by atoms with Crippen molar-refractivity contribution in [2.24, 2.45) is 0 Å². The fraction of sp³-hybridized carbons (Fsp3) is 0.0526. The van der Waals surface area contributed by atoms with E-state index < -0.39 is 0 Å². The van der Waals surface area contributed by atoms with Crippen LogP contribution in [-0.4, -0.2) is 14.5 Å². The van der Waals surface area contributed by atoms with Gasteiger partial charge in [0.25, 0.3) is 0 Å². The standard InChI is InChI=1S/C19H14FN3/c20-16-8-2-1-6-15(16)13-23-18-10-4-3-9-17(18)22-19(23)14-7-5-11-21-12-14/h1-12H,13H2. The van der Waals surface area contributed by atoms with E-state index in [1.165, 1.54) is 6.07 Å². The number of para-hydroxylation sites is 2. The highest BCUT2D eigenvalue weighted by molar-refractivity contribution is 5.80. The third-order valence-electron chi connectivity index (χ3n) is 3.86.